The topological polar surface area (TPSA) is 81.8 Å². The number of amides is 1. The first-order valence-corrected chi connectivity index (χ1v) is 5.71. The third-order valence-electron chi connectivity index (χ3n) is 2.80. The number of aromatic nitrogens is 3. The Balaban J connectivity index is 2.33. The first-order chi connectivity index (χ1) is 9.25. The highest BCUT2D eigenvalue weighted by atomic mass is 16.1. The maximum absolute atomic E-state index is 11.6. The van der Waals surface area contributed by atoms with Crippen molar-refractivity contribution in [1.29, 1.82) is 0 Å². The molecule has 92 valence electrons. The molecule has 0 aliphatic carbocycles. The number of benzene rings is 1. The average molecular weight is 250 g/mol. The Morgan fingerprint density at radius 1 is 1.16 bits per heavy atom. The van der Waals surface area contributed by atoms with Gasteiger partial charge in [-0.1, -0.05) is 18.2 Å². The molecular formula is C14H10N4O. The fourth-order valence-electron chi connectivity index (χ4n) is 1.92. The summed E-state index contributed by atoms with van der Waals surface area (Å²) in [5.74, 6) is -0.529. The van der Waals surface area contributed by atoms with Crippen LogP contribution in [0, 0.1) is 0 Å². The van der Waals surface area contributed by atoms with Crippen LogP contribution >= 0.6 is 0 Å². The molecule has 5 nitrogen and oxygen atoms in total. The molecule has 2 N–H and O–H groups in total. The van der Waals surface area contributed by atoms with Crippen LogP contribution in [0.25, 0.3) is 22.3 Å². The minimum atomic E-state index is -0.529. The number of hydrogen-bond acceptors (Lipinski definition) is 4. The molecule has 0 bridgehead atoms. The molecule has 1 amide bonds. The maximum Gasteiger partial charge on any atom is 0.250 e. The Morgan fingerprint density at radius 3 is 2.74 bits per heavy atom. The van der Waals surface area contributed by atoms with Crippen molar-refractivity contribution in [2.45, 2.75) is 0 Å². The second-order valence-electron chi connectivity index (χ2n) is 4.03. The molecule has 3 aromatic rings. The molecule has 1 aromatic carbocycles. The van der Waals surface area contributed by atoms with Crippen molar-refractivity contribution in [2.24, 2.45) is 5.73 Å². The number of carbonyl (C=O) groups is 1. The van der Waals surface area contributed by atoms with Crippen LogP contribution in [0.15, 0.2) is 48.9 Å². The largest absolute Gasteiger partial charge is 0.366 e. The quantitative estimate of drug-likeness (QED) is 0.751. The van der Waals surface area contributed by atoms with Crippen molar-refractivity contribution in [3.63, 3.8) is 0 Å². The Labute approximate surface area is 109 Å². The summed E-state index contributed by atoms with van der Waals surface area (Å²) in [4.78, 5) is 24.2. The molecule has 0 saturated heterocycles. The summed E-state index contributed by atoms with van der Waals surface area (Å²) < 4.78 is 0. The number of nitrogens with two attached hydrogens (primary N) is 1. The molecule has 5 heteroatoms. The summed E-state index contributed by atoms with van der Waals surface area (Å²) in [6.07, 6.45) is 4.68. The second-order valence-corrected chi connectivity index (χ2v) is 4.03. The summed E-state index contributed by atoms with van der Waals surface area (Å²) in [6.45, 7) is 0. The monoisotopic (exact) mass is 250 g/mol. The van der Waals surface area contributed by atoms with Crippen molar-refractivity contribution < 1.29 is 4.79 Å². The number of para-hydroxylation sites is 1. The number of fused-ring (bicyclic) bond motifs is 1. The Morgan fingerprint density at radius 2 is 2.00 bits per heavy atom. The predicted octanol–water partition coefficient (Wildman–Crippen LogP) is 1.79. The van der Waals surface area contributed by atoms with Gasteiger partial charge in [0, 0.05) is 17.8 Å². The minimum Gasteiger partial charge on any atom is -0.366 e. The summed E-state index contributed by atoms with van der Waals surface area (Å²) in [5, 5.41) is 0.865. The van der Waals surface area contributed by atoms with Gasteiger partial charge in [-0.3, -0.25) is 14.8 Å². The van der Waals surface area contributed by atoms with Crippen molar-refractivity contribution in [3.05, 3.63) is 54.5 Å². The Kier molecular flexibility index (Phi) is 2.64. The number of nitrogens with zero attached hydrogens (tertiary/aromatic N) is 3. The highest BCUT2D eigenvalue weighted by Gasteiger charge is 2.14. The zero-order valence-corrected chi connectivity index (χ0v) is 9.95. The average Bonchev–Trinajstić information content (AvgIpc) is 2.46. The Bertz CT molecular complexity index is 756. The lowest BCUT2D eigenvalue weighted by Crippen LogP contribution is -2.13. The van der Waals surface area contributed by atoms with Crippen LogP contribution in [-0.2, 0) is 0 Å². The molecule has 2 aromatic heterocycles. The third kappa shape index (κ3) is 2.01. The fraction of sp³-hybridized carbons (Fsp3) is 0. The highest BCUT2D eigenvalue weighted by Crippen LogP contribution is 2.23. The van der Waals surface area contributed by atoms with E-state index >= 15 is 0 Å². The number of hydrogen-bond donors (Lipinski definition) is 1. The van der Waals surface area contributed by atoms with E-state index in [2.05, 4.69) is 15.0 Å². The van der Waals surface area contributed by atoms with Gasteiger partial charge in [-0.25, -0.2) is 4.98 Å². The summed E-state index contributed by atoms with van der Waals surface area (Å²) >= 11 is 0. The van der Waals surface area contributed by atoms with E-state index in [9.17, 15) is 4.79 Å². The molecule has 0 aliphatic heterocycles. The number of pyridine rings is 1. The normalized spacial score (nSPS) is 10.5. The van der Waals surface area contributed by atoms with Crippen LogP contribution in [-0.4, -0.2) is 20.9 Å². The molecule has 0 spiro atoms. The van der Waals surface area contributed by atoms with Crippen molar-refractivity contribution in [1.82, 2.24) is 15.0 Å². The molecular weight excluding hydrogens is 240 g/mol. The van der Waals surface area contributed by atoms with E-state index in [1.807, 2.05) is 24.3 Å². The molecule has 3 rings (SSSR count). The zero-order chi connectivity index (χ0) is 13.2. The van der Waals surface area contributed by atoms with Gasteiger partial charge in [0.15, 0.2) is 0 Å². The summed E-state index contributed by atoms with van der Waals surface area (Å²) in [6, 6.07) is 9.26. The van der Waals surface area contributed by atoms with Crippen LogP contribution in [0.3, 0.4) is 0 Å². The fourth-order valence-corrected chi connectivity index (χ4v) is 1.92. The van der Waals surface area contributed by atoms with Gasteiger partial charge in [-0.15, -0.1) is 0 Å². The number of primary amides is 1. The molecule has 0 radical (unpaired) electrons. The van der Waals surface area contributed by atoms with Gasteiger partial charge in [0.25, 0.3) is 5.91 Å². The maximum atomic E-state index is 11.6. The van der Waals surface area contributed by atoms with Gasteiger partial charge in [0.2, 0.25) is 0 Å². The van der Waals surface area contributed by atoms with E-state index in [0.29, 0.717) is 17.0 Å². The lowest BCUT2D eigenvalue weighted by molar-refractivity contribution is 0.100. The van der Waals surface area contributed by atoms with Gasteiger partial charge in [-0.05, 0) is 12.1 Å². The van der Waals surface area contributed by atoms with Crippen LogP contribution in [0.2, 0.25) is 0 Å². The Hall–Kier alpha value is -2.82. The number of rotatable bonds is 2. The smallest absolute Gasteiger partial charge is 0.250 e. The highest BCUT2D eigenvalue weighted by molar-refractivity contribution is 6.02. The van der Waals surface area contributed by atoms with Crippen molar-refractivity contribution >= 4 is 16.8 Å². The predicted molar refractivity (Wildman–Crippen MR) is 71.3 cm³/mol. The second kappa shape index (κ2) is 4.45. The first-order valence-electron chi connectivity index (χ1n) is 5.71. The van der Waals surface area contributed by atoms with Gasteiger partial charge < -0.3 is 5.73 Å². The molecule has 19 heavy (non-hydrogen) atoms. The standard InChI is InChI=1S/C14H10N4O/c15-14(19)10-7-9-3-1-2-4-11(9)18-13(10)12-8-16-5-6-17-12/h1-8H,(H2,15,19). The summed E-state index contributed by atoms with van der Waals surface area (Å²) in [7, 11) is 0. The van der Waals surface area contributed by atoms with E-state index in [0.717, 1.165) is 10.9 Å². The molecule has 0 aliphatic rings. The van der Waals surface area contributed by atoms with Crippen molar-refractivity contribution in [3.8, 4) is 11.4 Å². The van der Waals surface area contributed by atoms with Gasteiger partial charge in [0.1, 0.15) is 11.4 Å². The lowest BCUT2D eigenvalue weighted by atomic mass is 10.1. The third-order valence-corrected chi connectivity index (χ3v) is 2.80. The van der Waals surface area contributed by atoms with E-state index < -0.39 is 5.91 Å². The van der Waals surface area contributed by atoms with Crippen LogP contribution in [0.5, 0.6) is 0 Å². The van der Waals surface area contributed by atoms with Gasteiger partial charge >= 0.3 is 0 Å². The molecule has 0 fully saturated rings. The van der Waals surface area contributed by atoms with Crippen molar-refractivity contribution in [2.75, 3.05) is 0 Å². The number of carbonyl (C=O) groups excluding carboxylic acids is 1. The van der Waals surface area contributed by atoms with E-state index in [4.69, 9.17) is 5.73 Å². The SMILES string of the molecule is NC(=O)c1cc2ccccc2nc1-c1cnccn1. The van der Waals surface area contributed by atoms with Crippen LogP contribution in [0.1, 0.15) is 10.4 Å². The van der Waals surface area contributed by atoms with E-state index in [1.54, 1.807) is 24.7 Å². The zero-order valence-electron chi connectivity index (χ0n) is 9.95. The van der Waals surface area contributed by atoms with Crippen LogP contribution < -0.4 is 5.73 Å². The van der Waals surface area contributed by atoms with E-state index in [1.165, 1.54) is 0 Å². The van der Waals surface area contributed by atoms with Gasteiger partial charge in [-0.2, -0.15) is 0 Å². The molecule has 0 unspecified atom stereocenters. The molecule has 0 saturated carbocycles. The lowest BCUT2D eigenvalue weighted by Gasteiger charge is -2.07. The summed E-state index contributed by atoms with van der Waals surface area (Å²) in [5.41, 5.74) is 7.53. The van der Waals surface area contributed by atoms with E-state index in [-0.39, 0.29) is 0 Å². The molecule has 2 heterocycles. The minimum absolute atomic E-state index is 0.346. The van der Waals surface area contributed by atoms with Gasteiger partial charge in [0.05, 0.1) is 17.3 Å². The first kappa shape index (κ1) is 11.3. The molecule has 0 atom stereocenters. The van der Waals surface area contributed by atoms with Crippen LogP contribution in [0.4, 0.5) is 0 Å².